The van der Waals surface area contributed by atoms with Crippen LogP contribution in [0, 0.1) is 12.8 Å². The number of sulfonamides is 1. The third kappa shape index (κ3) is 5.24. The number of ether oxygens (including phenoxy) is 1. The largest absolute Gasteiger partial charge is 0.462 e. The lowest BCUT2D eigenvalue weighted by atomic mass is 9.99. The maximum absolute atomic E-state index is 13.2. The molecule has 3 aromatic rings. The van der Waals surface area contributed by atoms with E-state index >= 15 is 0 Å². The van der Waals surface area contributed by atoms with Crippen LogP contribution < -0.4 is 4.80 Å². The van der Waals surface area contributed by atoms with Crippen LogP contribution in [0.25, 0.3) is 10.2 Å². The Morgan fingerprint density at radius 3 is 2.57 bits per heavy atom. The number of nitrogens with zero attached hydrogens (tertiary/aromatic N) is 3. The zero-order valence-corrected chi connectivity index (χ0v) is 21.7. The van der Waals surface area contributed by atoms with Crippen molar-refractivity contribution in [2.75, 3.05) is 19.7 Å². The SMILES string of the molecule is CCOC(=O)c1ccc2c(c1)sc(=NC(=O)C1CCCN(S(=O)(=O)c3ccc(C)cc3)C1)n2CC. The summed E-state index contributed by atoms with van der Waals surface area (Å²) in [7, 11) is -3.68. The van der Waals surface area contributed by atoms with Gasteiger partial charge in [-0.1, -0.05) is 29.0 Å². The van der Waals surface area contributed by atoms with Gasteiger partial charge in [0.2, 0.25) is 10.0 Å². The molecule has 0 spiro atoms. The molecule has 1 aromatic heterocycles. The van der Waals surface area contributed by atoms with Crippen molar-refractivity contribution in [3.63, 3.8) is 0 Å². The van der Waals surface area contributed by atoms with E-state index in [2.05, 4.69) is 4.99 Å². The van der Waals surface area contributed by atoms with E-state index in [1.807, 2.05) is 24.5 Å². The normalized spacial score (nSPS) is 17.6. The lowest BCUT2D eigenvalue weighted by Gasteiger charge is -2.30. The molecule has 1 fully saturated rings. The fourth-order valence-electron chi connectivity index (χ4n) is 4.21. The first-order valence-electron chi connectivity index (χ1n) is 11.7. The van der Waals surface area contributed by atoms with E-state index in [1.165, 1.54) is 15.6 Å². The summed E-state index contributed by atoms with van der Waals surface area (Å²) in [5, 5.41) is 0. The standard InChI is InChI=1S/C25H29N3O5S2/c1-4-28-21-13-10-18(24(30)33-5-2)15-22(21)34-25(28)26-23(29)19-7-6-14-27(16-19)35(31,32)20-11-8-17(3)9-12-20/h8-13,15,19H,4-7,14,16H2,1-3H3. The predicted octanol–water partition coefficient (Wildman–Crippen LogP) is 3.74. The number of thiazole rings is 1. The van der Waals surface area contributed by atoms with E-state index < -0.39 is 21.9 Å². The molecule has 186 valence electrons. The van der Waals surface area contributed by atoms with Gasteiger partial charge in [-0.05, 0) is 63.9 Å². The smallest absolute Gasteiger partial charge is 0.338 e. The van der Waals surface area contributed by atoms with Crippen molar-refractivity contribution in [1.82, 2.24) is 8.87 Å². The van der Waals surface area contributed by atoms with Crippen molar-refractivity contribution in [1.29, 1.82) is 0 Å². The number of benzene rings is 2. The number of carbonyl (C=O) groups excluding carboxylic acids is 2. The van der Waals surface area contributed by atoms with Crippen molar-refractivity contribution >= 4 is 43.5 Å². The van der Waals surface area contributed by atoms with E-state index in [0.29, 0.717) is 42.9 Å². The summed E-state index contributed by atoms with van der Waals surface area (Å²) >= 11 is 1.33. The fourth-order valence-corrected chi connectivity index (χ4v) is 6.88. The number of hydrogen-bond donors (Lipinski definition) is 0. The number of carbonyl (C=O) groups is 2. The molecule has 10 heteroatoms. The average Bonchev–Trinajstić information content (AvgIpc) is 3.20. The first-order valence-corrected chi connectivity index (χ1v) is 14.0. The molecule has 0 saturated carbocycles. The Morgan fingerprint density at radius 1 is 1.14 bits per heavy atom. The minimum atomic E-state index is -3.68. The van der Waals surface area contributed by atoms with Crippen molar-refractivity contribution in [3.05, 3.63) is 58.4 Å². The Balaban J connectivity index is 1.61. The lowest BCUT2D eigenvalue weighted by Crippen LogP contribution is -2.42. The molecule has 8 nitrogen and oxygen atoms in total. The van der Waals surface area contributed by atoms with E-state index in [0.717, 1.165) is 15.8 Å². The van der Waals surface area contributed by atoms with Crippen LogP contribution in [0.1, 0.15) is 42.6 Å². The van der Waals surface area contributed by atoms with Crippen molar-refractivity contribution in [2.24, 2.45) is 10.9 Å². The molecule has 0 radical (unpaired) electrons. The summed E-state index contributed by atoms with van der Waals surface area (Å²) in [5.74, 6) is -1.22. The zero-order chi connectivity index (χ0) is 25.2. The van der Waals surface area contributed by atoms with Gasteiger partial charge in [-0.15, -0.1) is 0 Å². The molecule has 1 saturated heterocycles. The van der Waals surface area contributed by atoms with Crippen LogP contribution in [-0.2, 0) is 26.1 Å². The van der Waals surface area contributed by atoms with Crippen molar-refractivity contribution < 1.29 is 22.7 Å². The van der Waals surface area contributed by atoms with Gasteiger partial charge in [-0.25, -0.2) is 13.2 Å². The molecule has 4 rings (SSSR count). The number of piperidine rings is 1. The highest BCUT2D eigenvalue weighted by atomic mass is 32.2. The molecule has 35 heavy (non-hydrogen) atoms. The molecule has 0 bridgehead atoms. The quantitative estimate of drug-likeness (QED) is 0.466. The molecular weight excluding hydrogens is 486 g/mol. The first-order chi connectivity index (χ1) is 16.7. The van der Waals surface area contributed by atoms with Crippen LogP contribution in [-0.4, -0.2) is 48.9 Å². The van der Waals surface area contributed by atoms with Crippen LogP contribution in [0.15, 0.2) is 52.4 Å². The maximum atomic E-state index is 13.2. The van der Waals surface area contributed by atoms with E-state index in [4.69, 9.17) is 4.74 Å². The van der Waals surface area contributed by atoms with Gasteiger partial charge in [0.25, 0.3) is 5.91 Å². The monoisotopic (exact) mass is 515 g/mol. The van der Waals surface area contributed by atoms with E-state index in [1.54, 1.807) is 43.3 Å². The van der Waals surface area contributed by atoms with Gasteiger partial charge in [0, 0.05) is 19.6 Å². The summed E-state index contributed by atoms with van der Waals surface area (Å²) in [6, 6.07) is 12.0. The second kappa shape index (κ2) is 10.4. The van der Waals surface area contributed by atoms with Gasteiger partial charge in [0.1, 0.15) is 0 Å². The molecule has 1 aliphatic rings. The minimum Gasteiger partial charge on any atom is -0.462 e. The molecule has 1 unspecified atom stereocenters. The Hall–Kier alpha value is -2.82. The predicted molar refractivity (Wildman–Crippen MR) is 135 cm³/mol. The average molecular weight is 516 g/mol. The summed E-state index contributed by atoms with van der Waals surface area (Å²) in [4.78, 5) is 30.4. The molecule has 2 heterocycles. The molecule has 1 aliphatic heterocycles. The summed E-state index contributed by atoms with van der Waals surface area (Å²) in [6.45, 7) is 7.02. The third-order valence-corrected chi connectivity index (χ3v) is 9.03. The highest BCUT2D eigenvalue weighted by Gasteiger charge is 2.33. The number of aromatic nitrogens is 1. The summed E-state index contributed by atoms with van der Waals surface area (Å²) < 4.78 is 35.5. The maximum Gasteiger partial charge on any atom is 0.338 e. The van der Waals surface area contributed by atoms with Crippen LogP contribution in [0.5, 0.6) is 0 Å². The molecule has 1 atom stereocenters. The molecule has 2 aromatic carbocycles. The Bertz CT molecular complexity index is 1420. The third-order valence-electron chi connectivity index (χ3n) is 6.11. The molecular formula is C25H29N3O5S2. The van der Waals surface area contributed by atoms with Crippen LogP contribution in [0.3, 0.4) is 0 Å². The van der Waals surface area contributed by atoms with Crippen molar-refractivity contribution in [3.8, 4) is 0 Å². The Morgan fingerprint density at radius 2 is 1.89 bits per heavy atom. The Labute approximate surface area is 208 Å². The molecule has 0 N–H and O–H groups in total. The van der Waals surface area contributed by atoms with Gasteiger partial charge in [-0.2, -0.15) is 9.30 Å². The van der Waals surface area contributed by atoms with Crippen molar-refractivity contribution in [2.45, 2.75) is 45.1 Å². The number of rotatable bonds is 6. The highest BCUT2D eigenvalue weighted by molar-refractivity contribution is 7.89. The minimum absolute atomic E-state index is 0.114. The van der Waals surface area contributed by atoms with Gasteiger partial charge >= 0.3 is 5.97 Å². The second-order valence-electron chi connectivity index (χ2n) is 8.50. The topological polar surface area (TPSA) is 98.0 Å². The van der Waals surface area contributed by atoms with Gasteiger partial charge < -0.3 is 9.30 Å². The number of fused-ring (bicyclic) bond motifs is 1. The Kier molecular flexibility index (Phi) is 7.53. The number of aryl methyl sites for hydroxylation is 2. The van der Waals surface area contributed by atoms with Gasteiger partial charge in [0.05, 0.1) is 33.2 Å². The molecule has 0 aliphatic carbocycles. The van der Waals surface area contributed by atoms with Crippen LogP contribution >= 0.6 is 11.3 Å². The van der Waals surface area contributed by atoms with Gasteiger partial charge in [0.15, 0.2) is 4.80 Å². The summed E-state index contributed by atoms with van der Waals surface area (Å²) in [6.07, 6.45) is 1.19. The zero-order valence-electron chi connectivity index (χ0n) is 20.1. The van der Waals surface area contributed by atoms with E-state index in [9.17, 15) is 18.0 Å². The fraction of sp³-hybridized carbons (Fsp3) is 0.400. The number of esters is 1. The second-order valence-corrected chi connectivity index (χ2v) is 11.4. The van der Waals surface area contributed by atoms with Crippen LogP contribution in [0.4, 0.5) is 0 Å². The van der Waals surface area contributed by atoms with Crippen LogP contribution in [0.2, 0.25) is 0 Å². The van der Waals surface area contributed by atoms with E-state index in [-0.39, 0.29) is 17.3 Å². The first kappa shape index (κ1) is 25.3. The summed E-state index contributed by atoms with van der Waals surface area (Å²) in [5.41, 5.74) is 2.31. The van der Waals surface area contributed by atoms with Gasteiger partial charge in [-0.3, -0.25) is 4.79 Å². The number of hydrogen-bond acceptors (Lipinski definition) is 6. The number of amides is 1. The highest BCUT2D eigenvalue weighted by Crippen LogP contribution is 2.25. The molecule has 1 amide bonds. The lowest BCUT2D eigenvalue weighted by molar-refractivity contribution is -0.122.